The molecule has 72 valence electrons. The van der Waals surface area contributed by atoms with Gasteiger partial charge in [0.15, 0.2) is 0 Å². The van der Waals surface area contributed by atoms with Crippen molar-refractivity contribution in [2.24, 2.45) is 0 Å². The Labute approximate surface area is 76.0 Å². The summed E-state index contributed by atoms with van der Waals surface area (Å²) in [6.07, 6.45) is 0. The lowest BCUT2D eigenvalue weighted by Gasteiger charge is -2.03. The van der Waals surface area contributed by atoms with Crippen LogP contribution in [-0.4, -0.2) is 20.7 Å². The molecule has 0 amide bonds. The summed E-state index contributed by atoms with van der Waals surface area (Å²) in [6, 6.07) is 5.78. The largest absolute Gasteiger partial charge is 0.497 e. The lowest BCUT2D eigenvalue weighted by atomic mass is 10.3. The zero-order valence-corrected chi connectivity index (χ0v) is 7.71. The fourth-order valence-corrected chi connectivity index (χ4v) is 1.46. The third-order valence-corrected chi connectivity index (χ3v) is 2.59. The highest BCUT2D eigenvalue weighted by atomic mass is 32.2. The van der Waals surface area contributed by atoms with Gasteiger partial charge in [0.05, 0.1) is 12.0 Å². The van der Waals surface area contributed by atoms with Gasteiger partial charge in [0, 0.05) is 6.07 Å². The molecule has 0 aliphatic rings. The Morgan fingerprint density at radius 2 is 2.15 bits per heavy atom. The van der Waals surface area contributed by atoms with E-state index in [4.69, 9.17) is 9.94 Å². The van der Waals surface area contributed by atoms with Gasteiger partial charge in [-0.05, 0) is 12.1 Å². The van der Waals surface area contributed by atoms with E-state index in [2.05, 4.69) is 0 Å². The highest BCUT2D eigenvalue weighted by molar-refractivity contribution is 7.89. The van der Waals surface area contributed by atoms with Crippen molar-refractivity contribution in [3.63, 3.8) is 0 Å². The maximum atomic E-state index is 11.1. The molecule has 0 heterocycles. The molecule has 0 aromatic heterocycles. The van der Waals surface area contributed by atoms with Gasteiger partial charge >= 0.3 is 0 Å². The zero-order chi connectivity index (χ0) is 9.90. The molecule has 0 fully saturated rings. The predicted molar refractivity (Wildman–Crippen MR) is 45.1 cm³/mol. The molecule has 0 atom stereocenters. The van der Waals surface area contributed by atoms with Gasteiger partial charge in [-0.1, -0.05) is 11.0 Å². The minimum absolute atomic E-state index is 0.0469. The molecule has 0 saturated carbocycles. The minimum atomic E-state index is -3.81. The van der Waals surface area contributed by atoms with E-state index in [1.54, 1.807) is 6.07 Å². The number of ether oxygens (including phenoxy) is 1. The van der Waals surface area contributed by atoms with Crippen molar-refractivity contribution in [1.82, 2.24) is 4.89 Å². The van der Waals surface area contributed by atoms with Crippen molar-refractivity contribution in [3.05, 3.63) is 24.3 Å². The Kier molecular flexibility index (Phi) is 2.86. The van der Waals surface area contributed by atoms with E-state index in [0.717, 1.165) is 0 Å². The number of sulfonamides is 1. The smallest absolute Gasteiger partial charge is 0.262 e. The second kappa shape index (κ2) is 3.73. The van der Waals surface area contributed by atoms with Crippen molar-refractivity contribution in [2.75, 3.05) is 7.11 Å². The normalized spacial score (nSPS) is 11.2. The fraction of sp³-hybridized carbons (Fsp3) is 0.143. The molecule has 1 aromatic rings. The molecule has 5 nitrogen and oxygen atoms in total. The van der Waals surface area contributed by atoms with Gasteiger partial charge in [-0.15, -0.1) is 0 Å². The lowest BCUT2D eigenvalue weighted by Crippen LogP contribution is -2.19. The Bertz CT molecular complexity index is 387. The van der Waals surface area contributed by atoms with E-state index in [1.807, 2.05) is 0 Å². The average molecular weight is 203 g/mol. The van der Waals surface area contributed by atoms with Crippen molar-refractivity contribution in [3.8, 4) is 5.75 Å². The van der Waals surface area contributed by atoms with Crippen LogP contribution in [0.1, 0.15) is 0 Å². The van der Waals surface area contributed by atoms with Crippen molar-refractivity contribution < 1.29 is 18.4 Å². The predicted octanol–water partition coefficient (Wildman–Crippen LogP) is 0.363. The number of nitrogens with one attached hydrogen (secondary N) is 1. The first-order valence-electron chi connectivity index (χ1n) is 3.40. The first kappa shape index (κ1) is 9.97. The van der Waals surface area contributed by atoms with Gasteiger partial charge in [0.25, 0.3) is 10.0 Å². The summed E-state index contributed by atoms with van der Waals surface area (Å²) in [6.45, 7) is 0. The third-order valence-electron chi connectivity index (χ3n) is 1.47. The summed E-state index contributed by atoms with van der Waals surface area (Å²) in [4.78, 5) is 1.18. The van der Waals surface area contributed by atoms with Crippen LogP contribution in [0.4, 0.5) is 0 Å². The zero-order valence-electron chi connectivity index (χ0n) is 6.89. The summed E-state index contributed by atoms with van der Waals surface area (Å²) < 4.78 is 26.9. The van der Waals surface area contributed by atoms with E-state index in [9.17, 15) is 8.42 Å². The Morgan fingerprint density at radius 3 is 2.69 bits per heavy atom. The van der Waals surface area contributed by atoms with E-state index in [0.29, 0.717) is 5.75 Å². The summed E-state index contributed by atoms with van der Waals surface area (Å²) in [5, 5.41) is 8.33. The Balaban J connectivity index is 3.17. The standard InChI is InChI=1S/C7H9NO4S/c1-12-6-3-2-4-7(5-6)13(10,11)8-9/h2-5,8-9H,1H3. The van der Waals surface area contributed by atoms with Gasteiger partial charge in [0.2, 0.25) is 0 Å². The molecule has 0 aliphatic heterocycles. The molecule has 0 aliphatic carbocycles. The van der Waals surface area contributed by atoms with E-state index in [1.165, 1.54) is 30.2 Å². The molecular weight excluding hydrogens is 194 g/mol. The second-order valence-corrected chi connectivity index (χ2v) is 3.93. The number of benzene rings is 1. The van der Waals surface area contributed by atoms with E-state index < -0.39 is 10.0 Å². The van der Waals surface area contributed by atoms with Crippen molar-refractivity contribution in [1.29, 1.82) is 0 Å². The molecule has 0 unspecified atom stereocenters. The van der Waals surface area contributed by atoms with Crippen LogP contribution in [0.2, 0.25) is 0 Å². The van der Waals surface area contributed by atoms with E-state index >= 15 is 0 Å². The topological polar surface area (TPSA) is 75.6 Å². The maximum absolute atomic E-state index is 11.1. The summed E-state index contributed by atoms with van der Waals surface area (Å²) in [5.74, 6) is 0.413. The molecule has 0 saturated heterocycles. The van der Waals surface area contributed by atoms with Crippen LogP contribution >= 0.6 is 0 Å². The molecule has 13 heavy (non-hydrogen) atoms. The van der Waals surface area contributed by atoms with Crippen LogP contribution in [-0.2, 0) is 10.0 Å². The molecule has 0 bridgehead atoms. The van der Waals surface area contributed by atoms with Gasteiger partial charge in [-0.2, -0.15) is 0 Å². The molecular formula is C7H9NO4S. The Morgan fingerprint density at radius 1 is 1.46 bits per heavy atom. The van der Waals surface area contributed by atoms with Gasteiger partial charge in [-0.3, -0.25) is 0 Å². The van der Waals surface area contributed by atoms with Gasteiger partial charge in [-0.25, -0.2) is 8.42 Å². The molecule has 1 aromatic carbocycles. The van der Waals surface area contributed by atoms with Gasteiger partial charge in [0.1, 0.15) is 5.75 Å². The van der Waals surface area contributed by atoms with Crippen molar-refractivity contribution >= 4 is 10.0 Å². The molecule has 2 N–H and O–H groups in total. The monoisotopic (exact) mass is 203 g/mol. The molecule has 0 spiro atoms. The van der Waals surface area contributed by atoms with Crippen LogP contribution in [0.15, 0.2) is 29.2 Å². The number of methoxy groups -OCH3 is 1. The number of rotatable bonds is 3. The minimum Gasteiger partial charge on any atom is -0.497 e. The first-order valence-corrected chi connectivity index (χ1v) is 4.88. The lowest BCUT2D eigenvalue weighted by molar-refractivity contribution is 0.242. The summed E-state index contributed by atoms with van der Waals surface area (Å²) in [5.41, 5.74) is 0. The second-order valence-electron chi connectivity index (χ2n) is 2.27. The quantitative estimate of drug-likeness (QED) is 0.695. The highest BCUT2D eigenvalue weighted by Crippen LogP contribution is 2.16. The molecule has 6 heteroatoms. The summed E-state index contributed by atoms with van der Waals surface area (Å²) >= 11 is 0. The molecule has 0 radical (unpaired) electrons. The summed E-state index contributed by atoms with van der Waals surface area (Å²) in [7, 11) is -2.38. The average Bonchev–Trinajstić information content (AvgIpc) is 2.18. The highest BCUT2D eigenvalue weighted by Gasteiger charge is 2.12. The van der Waals surface area contributed by atoms with Crippen molar-refractivity contribution in [2.45, 2.75) is 4.90 Å². The number of hydrogen-bond acceptors (Lipinski definition) is 4. The molecule has 1 rings (SSSR count). The van der Waals surface area contributed by atoms with Crippen LogP contribution in [0.25, 0.3) is 0 Å². The third kappa shape index (κ3) is 2.18. The Hall–Kier alpha value is -1.11. The first-order chi connectivity index (χ1) is 6.10. The van der Waals surface area contributed by atoms with Crippen LogP contribution in [0.3, 0.4) is 0 Å². The van der Waals surface area contributed by atoms with E-state index in [-0.39, 0.29) is 4.90 Å². The SMILES string of the molecule is COc1cccc(S(=O)(=O)NO)c1. The van der Waals surface area contributed by atoms with Crippen LogP contribution < -0.4 is 9.62 Å². The fourth-order valence-electron chi connectivity index (χ4n) is 0.821. The van der Waals surface area contributed by atoms with Crippen LogP contribution in [0.5, 0.6) is 5.75 Å². The van der Waals surface area contributed by atoms with Crippen LogP contribution in [0, 0.1) is 0 Å². The van der Waals surface area contributed by atoms with Gasteiger partial charge < -0.3 is 9.94 Å². The maximum Gasteiger partial charge on any atom is 0.262 e. The number of hydrogen-bond donors (Lipinski definition) is 2.